The number of aliphatic carboxylic acids is 3. The molecule has 1 heterocycles. The smallest absolute Gasteiger partial charge is 0.320 e. The highest BCUT2D eigenvalue weighted by atomic mass is 16.5. The molecule has 9 nitrogen and oxygen atoms in total. The number of methoxy groups -OCH3 is 1. The molecule has 0 saturated carbocycles. The van der Waals surface area contributed by atoms with E-state index in [9.17, 15) is 24.3 Å². The first-order chi connectivity index (χ1) is 10.3. The number of carboxylic acid groups (broad SMARTS) is 3. The van der Waals surface area contributed by atoms with Crippen molar-refractivity contribution in [1.82, 2.24) is 0 Å². The first-order valence-corrected chi connectivity index (χ1v) is 6.59. The molecule has 0 aliphatic carbocycles. The van der Waals surface area contributed by atoms with Crippen molar-refractivity contribution in [3.05, 3.63) is 0 Å². The Balaban J connectivity index is 3.10. The summed E-state index contributed by atoms with van der Waals surface area (Å²) in [4.78, 5) is 44.9. The molecule has 124 valence electrons. The Bertz CT molecular complexity index is 458. The monoisotopic (exact) mass is 318 g/mol. The fourth-order valence-corrected chi connectivity index (χ4v) is 2.84. The summed E-state index contributed by atoms with van der Waals surface area (Å²) in [7, 11) is 1.03. The third-order valence-electron chi connectivity index (χ3n) is 3.79. The molecule has 1 rings (SSSR count). The van der Waals surface area contributed by atoms with Crippen molar-refractivity contribution >= 4 is 23.9 Å². The van der Waals surface area contributed by atoms with Crippen LogP contribution in [0.4, 0.5) is 0 Å². The van der Waals surface area contributed by atoms with Gasteiger partial charge >= 0.3 is 23.9 Å². The second-order valence-corrected chi connectivity index (χ2v) is 5.16. The fourth-order valence-electron chi connectivity index (χ4n) is 2.84. The van der Waals surface area contributed by atoms with Gasteiger partial charge in [-0.25, -0.2) is 0 Å². The zero-order chi connectivity index (χ0) is 16.9. The molecule has 0 aromatic rings. The van der Waals surface area contributed by atoms with Gasteiger partial charge in [0.1, 0.15) is 0 Å². The molecule has 1 saturated heterocycles. The normalized spacial score (nSPS) is 26.0. The van der Waals surface area contributed by atoms with Crippen molar-refractivity contribution in [2.24, 2.45) is 23.7 Å². The van der Waals surface area contributed by atoms with Gasteiger partial charge in [0.25, 0.3) is 0 Å². The Morgan fingerprint density at radius 2 is 1.68 bits per heavy atom. The predicted molar refractivity (Wildman–Crippen MR) is 68.9 cm³/mol. The SMILES string of the molecule is COC(=O)C(C(=O)O)C1COCC(CC(=O)O)C1CC(=O)O. The lowest BCUT2D eigenvalue weighted by atomic mass is 9.71. The average molecular weight is 318 g/mol. The van der Waals surface area contributed by atoms with Crippen LogP contribution in [0.2, 0.25) is 0 Å². The molecular weight excluding hydrogens is 300 g/mol. The predicted octanol–water partition coefficient (Wildman–Crippen LogP) is -0.312. The van der Waals surface area contributed by atoms with Gasteiger partial charge in [0, 0.05) is 12.3 Å². The van der Waals surface area contributed by atoms with E-state index in [4.69, 9.17) is 14.9 Å². The summed E-state index contributed by atoms with van der Waals surface area (Å²) in [6.07, 6.45) is -0.797. The van der Waals surface area contributed by atoms with Crippen molar-refractivity contribution in [1.29, 1.82) is 0 Å². The van der Waals surface area contributed by atoms with E-state index in [1.165, 1.54) is 0 Å². The van der Waals surface area contributed by atoms with E-state index in [1.807, 2.05) is 0 Å². The van der Waals surface area contributed by atoms with Crippen molar-refractivity contribution in [2.45, 2.75) is 12.8 Å². The van der Waals surface area contributed by atoms with Crippen LogP contribution in [0.25, 0.3) is 0 Å². The summed E-state index contributed by atoms with van der Waals surface area (Å²) >= 11 is 0. The second-order valence-electron chi connectivity index (χ2n) is 5.16. The Kier molecular flexibility index (Phi) is 6.29. The Hall–Kier alpha value is -2.16. The van der Waals surface area contributed by atoms with E-state index < -0.39 is 54.0 Å². The minimum Gasteiger partial charge on any atom is -0.481 e. The Morgan fingerprint density at radius 3 is 2.14 bits per heavy atom. The summed E-state index contributed by atoms with van der Waals surface area (Å²) < 4.78 is 9.66. The molecule has 4 unspecified atom stereocenters. The van der Waals surface area contributed by atoms with Gasteiger partial charge in [-0.2, -0.15) is 0 Å². The number of hydrogen-bond donors (Lipinski definition) is 3. The van der Waals surface area contributed by atoms with Crippen molar-refractivity contribution < 1.29 is 44.0 Å². The summed E-state index contributed by atoms with van der Waals surface area (Å²) in [5, 5.41) is 27.1. The van der Waals surface area contributed by atoms with Gasteiger partial charge in [-0.1, -0.05) is 0 Å². The quantitative estimate of drug-likeness (QED) is 0.424. The van der Waals surface area contributed by atoms with Gasteiger partial charge in [-0.3, -0.25) is 19.2 Å². The molecule has 1 aliphatic heterocycles. The molecule has 0 bridgehead atoms. The van der Waals surface area contributed by atoms with Crippen LogP contribution in [-0.2, 0) is 28.7 Å². The number of carbonyl (C=O) groups excluding carboxylic acids is 1. The van der Waals surface area contributed by atoms with Crippen LogP contribution in [0.15, 0.2) is 0 Å². The minimum atomic E-state index is -1.59. The maximum atomic E-state index is 11.7. The third-order valence-corrected chi connectivity index (χ3v) is 3.79. The summed E-state index contributed by atoms with van der Waals surface area (Å²) in [5.74, 6) is -8.83. The van der Waals surface area contributed by atoms with Gasteiger partial charge in [0.05, 0.1) is 26.7 Å². The number of ether oxygens (including phenoxy) is 2. The molecule has 22 heavy (non-hydrogen) atoms. The zero-order valence-corrected chi connectivity index (χ0v) is 11.9. The highest BCUT2D eigenvalue weighted by Crippen LogP contribution is 2.37. The number of esters is 1. The Labute approximate surface area is 125 Å². The van der Waals surface area contributed by atoms with E-state index in [-0.39, 0.29) is 19.6 Å². The largest absolute Gasteiger partial charge is 0.481 e. The molecule has 4 atom stereocenters. The van der Waals surface area contributed by atoms with Gasteiger partial charge in [0.15, 0.2) is 5.92 Å². The van der Waals surface area contributed by atoms with Crippen LogP contribution < -0.4 is 0 Å². The Morgan fingerprint density at radius 1 is 1.09 bits per heavy atom. The minimum absolute atomic E-state index is 0.00819. The molecule has 0 radical (unpaired) electrons. The van der Waals surface area contributed by atoms with Gasteiger partial charge in [-0.15, -0.1) is 0 Å². The number of rotatable bonds is 7. The molecule has 1 aliphatic rings. The van der Waals surface area contributed by atoms with Crippen LogP contribution in [0, 0.1) is 23.7 Å². The van der Waals surface area contributed by atoms with Crippen molar-refractivity contribution in [3.8, 4) is 0 Å². The first kappa shape index (κ1) is 17.9. The molecule has 0 spiro atoms. The standard InChI is InChI=1S/C13H18O9/c1-21-13(20)11(12(18)19)8-5-22-4-6(2-9(14)15)7(8)3-10(16)17/h6-8,11H,2-5H2,1H3,(H,14,15)(H,16,17)(H,18,19). The summed E-state index contributed by atoms with van der Waals surface area (Å²) in [6, 6.07) is 0. The molecule has 3 N–H and O–H groups in total. The van der Waals surface area contributed by atoms with Gasteiger partial charge < -0.3 is 24.8 Å². The van der Waals surface area contributed by atoms with Gasteiger partial charge in [-0.05, 0) is 11.8 Å². The van der Waals surface area contributed by atoms with Crippen LogP contribution >= 0.6 is 0 Å². The van der Waals surface area contributed by atoms with Crippen LogP contribution in [0.3, 0.4) is 0 Å². The molecule has 9 heteroatoms. The first-order valence-electron chi connectivity index (χ1n) is 6.59. The van der Waals surface area contributed by atoms with Crippen LogP contribution in [0.5, 0.6) is 0 Å². The van der Waals surface area contributed by atoms with Crippen LogP contribution in [0.1, 0.15) is 12.8 Å². The number of hydrogen-bond acceptors (Lipinski definition) is 6. The highest BCUT2D eigenvalue weighted by Gasteiger charge is 2.46. The topological polar surface area (TPSA) is 147 Å². The second kappa shape index (κ2) is 7.74. The average Bonchev–Trinajstić information content (AvgIpc) is 2.40. The van der Waals surface area contributed by atoms with Crippen LogP contribution in [-0.4, -0.2) is 59.5 Å². The molecule has 0 amide bonds. The maximum Gasteiger partial charge on any atom is 0.320 e. The molecular formula is C13H18O9. The maximum absolute atomic E-state index is 11.7. The number of carboxylic acids is 3. The van der Waals surface area contributed by atoms with E-state index in [0.717, 1.165) is 7.11 Å². The van der Waals surface area contributed by atoms with Gasteiger partial charge in [0.2, 0.25) is 0 Å². The van der Waals surface area contributed by atoms with E-state index >= 15 is 0 Å². The van der Waals surface area contributed by atoms with E-state index in [0.29, 0.717) is 0 Å². The summed E-state index contributed by atoms with van der Waals surface area (Å²) in [5.41, 5.74) is 0. The van der Waals surface area contributed by atoms with Crippen molar-refractivity contribution in [3.63, 3.8) is 0 Å². The lowest BCUT2D eigenvalue weighted by molar-refractivity contribution is -0.169. The van der Waals surface area contributed by atoms with Crippen molar-refractivity contribution in [2.75, 3.05) is 20.3 Å². The zero-order valence-electron chi connectivity index (χ0n) is 11.9. The summed E-state index contributed by atoms with van der Waals surface area (Å²) in [6.45, 7) is -0.131. The molecule has 0 aromatic carbocycles. The molecule has 0 aromatic heterocycles. The van der Waals surface area contributed by atoms with E-state index in [2.05, 4.69) is 4.74 Å². The molecule has 1 fully saturated rings. The lowest BCUT2D eigenvalue weighted by Gasteiger charge is -2.38. The third kappa shape index (κ3) is 4.42. The fraction of sp³-hybridized carbons (Fsp3) is 0.692. The highest BCUT2D eigenvalue weighted by molar-refractivity contribution is 5.94. The lowest BCUT2D eigenvalue weighted by Crippen LogP contribution is -2.46. The van der Waals surface area contributed by atoms with E-state index in [1.54, 1.807) is 0 Å². The number of carbonyl (C=O) groups is 4.